The molecule has 7 heteroatoms. The number of benzene rings is 2. The lowest BCUT2D eigenvalue weighted by Crippen LogP contribution is -2.48. The largest absolute Gasteiger partial charge is 0.312 e. The predicted octanol–water partition coefficient (Wildman–Crippen LogP) is 3.35. The van der Waals surface area contributed by atoms with Crippen LogP contribution in [0.1, 0.15) is 22.8 Å². The molecule has 2 heterocycles. The van der Waals surface area contributed by atoms with E-state index < -0.39 is 0 Å². The van der Waals surface area contributed by atoms with Gasteiger partial charge in [0.25, 0.3) is 5.91 Å². The van der Waals surface area contributed by atoms with Crippen LogP contribution in [0, 0.1) is 5.82 Å². The summed E-state index contributed by atoms with van der Waals surface area (Å²) < 4.78 is 13.1. The van der Waals surface area contributed by atoms with Gasteiger partial charge < -0.3 is 10.2 Å². The minimum Gasteiger partial charge on any atom is -0.312 e. The third kappa shape index (κ3) is 5.13. The van der Waals surface area contributed by atoms with Gasteiger partial charge in [-0.05, 0) is 48.9 Å². The van der Waals surface area contributed by atoms with Gasteiger partial charge >= 0.3 is 0 Å². The van der Waals surface area contributed by atoms with Gasteiger partial charge in [0.1, 0.15) is 5.82 Å². The van der Waals surface area contributed by atoms with Crippen molar-refractivity contribution < 1.29 is 9.18 Å². The lowest BCUT2D eigenvalue weighted by molar-refractivity contribution is 0.0992. The summed E-state index contributed by atoms with van der Waals surface area (Å²) >= 11 is 0. The van der Waals surface area contributed by atoms with Crippen molar-refractivity contribution in [2.24, 2.45) is 0 Å². The highest BCUT2D eigenvalue weighted by molar-refractivity contribution is 6.05. The number of carbonyl (C=O) groups is 1. The Hall–Kier alpha value is -3.16. The van der Waals surface area contributed by atoms with Crippen LogP contribution in [0.25, 0.3) is 11.4 Å². The maximum absolute atomic E-state index is 13.1. The van der Waals surface area contributed by atoms with Crippen LogP contribution in [0.2, 0.25) is 0 Å². The van der Waals surface area contributed by atoms with Crippen molar-refractivity contribution in [1.29, 1.82) is 0 Å². The molecule has 1 aliphatic heterocycles. The molecule has 1 aliphatic rings. The summed E-state index contributed by atoms with van der Waals surface area (Å²) in [4.78, 5) is 25.4. The van der Waals surface area contributed by atoms with Gasteiger partial charge in [-0.3, -0.25) is 9.69 Å². The Morgan fingerprint density at radius 1 is 1.13 bits per heavy atom. The molecule has 0 bridgehead atoms. The number of piperazine rings is 1. The zero-order chi connectivity index (χ0) is 21.8. The highest BCUT2D eigenvalue weighted by Gasteiger charge is 2.17. The Balaban J connectivity index is 1.41. The summed E-state index contributed by atoms with van der Waals surface area (Å²) in [5.74, 6) is -0.0502. The summed E-state index contributed by atoms with van der Waals surface area (Å²) in [6, 6.07) is 14.5. The molecule has 1 atom stereocenters. The fourth-order valence-corrected chi connectivity index (χ4v) is 3.74. The van der Waals surface area contributed by atoms with Crippen molar-refractivity contribution in [3.63, 3.8) is 0 Å². The molecule has 0 spiro atoms. The number of hydrogen-bond acceptors (Lipinski definition) is 5. The third-order valence-electron chi connectivity index (χ3n) is 5.49. The molecule has 0 unspecified atom stereocenters. The first kappa shape index (κ1) is 21.1. The van der Waals surface area contributed by atoms with E-state index in [-0.39, 0.29) is 11.7 Å². The first-order chi connectivity index (χ1) is 15.0. The number of carbonyl (C=O) groups excluding carboxylic acids is 1. The number of nitrogens with zero attached hydrogens (tertiary/aromatic N) is 4. The van der Waals surface area contributed by atoms with E-state index in [9.17, 15) is 9.18 Å². The van der Waals surface area contributed by atoms with Gasteiger partial charge in [-0.2, -0.15) is 0 Å². The van der Waals surface area contributed by atoms with E-state index >= 15 is 0 Å². The summed E-state index contributed by atoms with van der Waals surface area (Å²) in [5.41, 5.74) is 3.13. The van der Waals surface area contributed by atoms with E-state index in [0.29, 0.717) is 23.0 Å². The fraction of sp³-hybridized carbons (Fsp3) is 0.292. The zero-order valence-corrected chi connectivity index (χ0v) is 17.8. The van der Waals surface area contributed by atoms with Gasteiger partial charge in [0.05, 0.1) is 5.56 Å². The summed E-state index contributed by atoms with van der Waals surface area (Å²) in [6.45, 7) is 6.19. The quantitative estimate of drug-likeness (QED) is 0.687. The van der Waals surface area contributed by atoms with E-state index in [1.165, 1.54) is 30.1 Å². The molecule has 1 fully saturated rings. The first-order valence-corrected chi connectivity index (χ1v) is 10.4. The first-order valence-electron chi connectivity index (χ1n) is 10.4. The van der Waals surface area contributed by atoms with Crippen molar-refractivity contribution >= 4 is 11.6 Å². The standard InChI is InChI=1S/C24H26FN5O/c1-17-15-30(12-11-26-17)16-18-3-9-22(10-4-18)29(2)24(31)20-13-27-23(28-14-20)19-5-7-21(25)8-6-19/h3-10,13-14,17,26H,11-12,15-16H2,1-2H3/t17-/m0/s1. The molecule has 4 rings (SSSR count). The maximum atomic E-state index is 13.1. The normalized spacial score (nSPS) is 16.8. The molecule has 1 aromatic heterocycles. The van der Waals surface area contributed by atoms with Crippen LogP contribution < -0.4 is 10.2 Å². The highest BCUT2D eigenvalue weighted by Crippen LogP contribution is 2.19. The van der Waals surface area contributed by atoms with Crippen LogP contribution in [-0.4, -0.2) is 53.5 Å². The van der Waals surface area contributed by atoms with Crippen LogP contribution in [0.4, 0.5) is 10.1 Å². The Kier molecular flexibility index (Phi) is 6.34. The van der Waals surface area contributed by atoms with Crippen molar-refractivity contribution in [1.82, 2.24) is 20.2 Å². The van der Waals surface area contributed by atoms with Gasteiger partial charge in [-0.25, -0.2) is 14.4 Å². The van der Waals surface area contributed by atoms with Crippen LogP contribution in [0.3, 0.4) is 0 Å². The molecule has 1 saturated heterocycles. The minimum absolute atomic E-state index is 0.186. The van der Waals surface area contributed by atoms with Crippen molar-refractivity contribution in [3.8, 4) is 11.4 Å². The summed E-state index contributed by atoms with van der Waals surface area (Å²) in [6.07, 6.45) is 3.01. The number of anilines is 1. The smallest absolute Gasteiger partial charge is 0.261 e. The number of rotatable bonds is 5. The number of halogens is 1. The average molecular weight is 420 g/mol. The molecule has 1 N–H and O–H groups in total. The van der Waals surface area contributed by atoms with E-state index in [1.807, 2.05) is 12.1 Å². The van der Waals surface area contributed by atoms with Crippen LogP contribution >= 0.6 is 0 Å². The molecule has 0 saturated carbocycles. The molecular formula is C24H26FN5O. The highest BCUT2D eigenvalue weighted by atomic mass is 19.1. The van der Waals surface area contributed by atoms with Gasteiger partial charge in [0.15, 0.2) is 5.82 Å². The third-order valence-corrected chi connectivity index (χ3v) is 5.49. The molecule has 31 heavy (non-hydrogen) atoms. The number of amides is 1. The van der Waals surface area contributed by atoms with Gasteiger partial charge in [0, 0.05) is 62.9 Å². The predicted molar refractivity (Wildman–Crippen MR) is 119 cm³/mol. The monoisotopic (exact) mass is 419 g/mol. The molecule has 0 aliphatic carbocycles. The van der Waals surface area contributed by atoms with Gasteiger partial charge in [-0.1, -0.05) is 12.1 Å². The van der Waals surface area contributed by atoms with Crippen molar-refractivity contribution in [2.45, 2.75) is 19.5 Å². The molecule has 1 amide bonds. The van der Waals surface area contributed by atoms with Crippen LogP contribution in [-0.2, 0) is 6.54 Å². The van der Waals surface area contributed by atoms with Crippen molar-refractivity contribution in [3.05, 3.63) is 77.9 Å². The minimum atomic E-state index is -0.314. The number of nitrogens with one attached hydrogen (secondary N) is 1. The summed E-state index contributed by atoms with van der Waals surface area (Å²) in [7, 11) is 1.74. The zero-order valence-electron chi connectivity index (χ0n) is 17.8. The lowest BCUT2D eigenvalue weighted by atomic mass is 10.1. The maximum Gasteiger partial charge on any atom is 0.261 e. The molecule has 6 nitrogen and oxygen atoms in total. The second-order valence-corrected chi connectivity index (χ2v) is 7.92. The fourth-order valence-electron chi connectivity index (χ4n) is 3.74. The number of aromatic nitrogens is 2. The Morgan fingerprint density at radius 2 is 1.81 bits per heavy atom. The van der Waals surface area contributed by atoms with Gasteiger partial charge in [0.2, 0.25) is 0 Å². The molecule has 0 radical (unpaired) electrons. The van der Waals surface area contributed by atoms with Crippen LogP contribution in [0.5, 0.6) is 0 Å². The van der Waals surface area contributed by atoms with E-state index in [4.69, 9.17) is 0 Å². The summed E-state index contributed by atoms with van der Waals surface area (Å²) in [5, 5.41) is 3.45. The molecule has 3 aromatic rings. The molecule has 2 aromatic carbocycles. The van der Waals surface area contributed by atoms with E-state index in [0.717, 1.165) is 31.9 Å². The lowest BCUT2D eigenvalue weighted by Gasteiger charge is -2.31. The van der Waals surface area contributed by atoms with Crippen molar-refractivity contribution in [2.75, 3.05) is 31.6 Å². The van der Waals surface area contributed by atoms with Crippen LogP contribution in [0.15, 0.2) is 60.9 Å². The number of hydrogen-bond donors (Lipinski definition) is 1. The van der Waals surface area contributed by atoms with E-state index in [2.05, 4.69) is 39.2 Å². The molecule has 160 valence electrons. The van der Waals surface area contributed by atoms with E-state index in [1.54, 1.807) is 24.1 Å². The topological polar surface area (TPSA) is 61.4 Å². The Morgan fingerprint density at radius 3 is 2.45 bits per heavy atom. The second kappa shape index (κ2) is 9.32. The Labute approximate surface area is 181 Å². The van der Waals surface area contributed by atoms with Gasteiger partial charge in [-0.15, -0.1) is 0 Å². The average Bonchev–Trinajstić information content (AvgIpc) is 2.79. The second-order valence-electron chi connectivity index (χ2n) is 7.92. The SMILES string of the molecule is C[C@H]1CN(Cc2ccc(N(C)C(=O)c3cnc(-c4ccc(F)cc4)nc3)cc2)CCN1. The Bertz CT molecular complexity index is 1020. The molecular weight excluding hydrogens is 393 g/mol.